The first-order valence-corrected chi connectivity index (χ1v) is 7.81. The molecule has 0 aliphatic heterocycles. The Morgan fingerprint density at radius 3 is 2.87 bits per heavy atom. The number of carbonyl (C=O) groups excluding carboxylic acids is 1. The Hall–Kier alpha value is -2.21. The van der Waals surface area contributed by atoms with Gasteiger partial charge in [-0.2, -0.15) is 0 Å². The average Bonchev–Trinajstić information content (AvgIpc) is 2.55. The minimum atomic E-state index is -0.537. The predicted molar refractivity (Wildman–Crippen MR) is 89.4 cm³/mol. The lowest BCUT2D eigenvalue weighted by Crippen LogP contribution is -2.15. The van der Waals surface area contributed by atoms with Gasteiger partial charge in [0.25, 0.3) is 5.91 Å². The van der Waals surface area contributed by atoms with E-state index in [0.29, 0.717) is 11.6 Å². The Bertz CT molecular complexity index is 681. The molecule has 0 bridgehead atoms. The Morgan fingerprint density at radius 1 is 1.30 bits per heavy atom. The maximum Gasteiger partial charge on any atom is 0.274 e. The highest BCUT2D eigenvalue weighted by atomic mass is 35.5. The Kier molecular flexibility index (Phi) is 6.29. The molecule has 122 valence electrons. The first-order chi connectivity index (χ1) is 11.1. The second-order valence-electron chi connectivity index (χ2n) is 4.98. The number of unbranched alkanes of at least 4 members (excludes halogenated alkanes) is 2. The zero-order valence-corrected chi connectivity index (χ0v) is 13.5. The molecule has 2 N–H and O–H groups in total. The van der Waals surface area contributed by atoms with Crippen molar-refractivity contribution < 1.29 is 9.18 Å². The number of hydrogen-bond acceptors (Lipinski definition) is 4. The molecule has 1 aromatic heterocycles. The topological polar surface area (TPSA) is 66.9 Å². The summed E-state index contributed by atoms with van der Waals surface area (Å²) in [6, 6.07) is 5.49. The molecule has 0 atom stereocenters. The van der Waals surface area contributed by atoms with Crippen LogP contribution in [0.5, 0.6) is 0 Å². The molecule has 0 saturated heterocycles. The summed E-state index contributed by atoms with van der Waals surface area (Å²) < 4.78 is 13.1. The number of amides is 1. The Labute approximate surface area is 139 Å². The van der Waals surface area contributed by atoms with Crippen LogP contribution in [0, 0.1) is 5.82 Å². The van der Waals surface area contributed by atoms with Gasteiger partial charge in [-0.3, -0.25) is 4.79 Å². The second-order valence-corrected chi connectivity index (χ2v) is 5.39. The quantitative estimate of drug-likeness (QED) is 0.746. The fraction of sp³-hybridized carbons (Fsp3) is 0.312. The molecule has 2 rings (SSSR count). The molecule has 0 saturated carbocycles. The standard InChI is InChI=1S/C16H18ClFN4O/c1-2-3-4-8-19-16-20-9-7-14(22-16)15(23)21-11-5-6-13(18)12(17)10-11/h5-7,9-10H,2-4,8H2,1H3,(H,21,23)(H,19,20,22). The SMILES string of the molecule is CCCCCNc1nccc(C(=O)Nc2ccc(F)c(Cl)c2)n1. The van der Waals surface area contributed by atoms with Gasteiger partial charge in [-0.25, -0.2) is 14.4 Å². The lowest BCUT2D eigenvalue weighted by atomic mass is 10.2. The number of rotatable bonds is 7. The third-order valence-electron chi connectivity index (χ3n) is 3.13. The van der Waals surface area contributed by atoms with Gasteiger partial charge in [0.1, 0.15) is 11.5 Å². The van der Waals surface area contributed by atoms with Crippen LogP contribution >= 0.6 is 11.6 Å². The molecular formula is C16H18ClFN4O. The van der Waals surface area contributed by atoms with Crippen molar-refractivity contribution in [2.45, 2.75) is 26.2 Å². The van der Waals surface area contributed by atoms with Crippen molar-refractivity contribution >= 4 is 29.1 Å². The van der Waals surface area contributed by atoms with Gasteiger partial charge < -0.3 is 10.6 Å². The molecule has 0 aliphatic rings. The van der Waals surface area contributed by atoms with E-state index in [2.05, 4.69) is 27.5 Å². The maximum atomic E-state index is 13.1. The number of nitrogens with zero attached hydrogens (tertiary/aromatic N) is 2. The lowest BCUT2D eigenvalue weighted by molar-refractivity contribution is 0.102. The molecular weight excluding hydrogens is 319 g/mol. The van der Waals surface area contributed by atoms with E-state index in [9.17, 15) is 9.18 Å². The van der Waals surface area contributed by atoms with E-state index < -0.39 is 11.7 Å². The van der Waals surface area contributed by atoms with Crippen molar-refractivity contribution in [2.75, 3.05) is 17.2 Å². The van der Waals surface area contributed by atoms with Gasteiger partial charge in [0.05, 0.1) is 5.02 Å². The van der Waals surface area contributed by atoms with E-state index >= 15 is 0 Å². The van der Waals surface area contributed by atoms with Crippen LogP contribution in [0.15, 0.2) is 30.5 Å². The summed E-state index contributed by atoms with van der Waals surface area (Å²) in [6.07, 6.45) is 4.79. The number of benzene rings is 1. The van der Waals surface area contributed by atoms with Gasteiger partial charge >= 0.3 is 0 Å². The molecule has 1 heterocycles. The van der Waals surface area contributed by atoms with E-state index in [-0.39, 0.29) is 10.7 Å². The zero-order valence-electron chi connectivity index (χ0n) is 12.8. The van der Waals surface area contributed by atoms with Crippen molar-refractivity contribution in [3.63, 3.8) is 0 Å². The molecule has 0 radical (unpaired) electrons. The van der Waals surface area contributed by atoms with E-state index in [1.54, 1.807) is 0 Å². The van der Waals surface area contributed by atoms with Crippen molar-refractivity contribution in [2.24, 2.45) is 0 Å². The molecule has 5 nitrogen and oxygen atoms in total. The van der Waals surface area contributed by atoms with Crippen molar-refractivity contribution in [1.82, 2.24) is 9.97 Å². The number of carbonyl (C=O) groups is 1. The monoisotopic (exact) mass is 336 g/mol. The number of halogens is 2. The van der Waals surface area contributed by atoms with E-state index in [1.165, 1.54) is 30.5 Å². The molecule has 0 unspecified atom stereocenters. The first kappa shape index (κ1) is 17.1. The van der Waals surface area contributed by atoms with Gasteiger partial charge in [0, 0.05) is 18.4 Å². The summed E-state index contributed by atoms with van der Waals surface area (Å²) in [4.78, 5) is 20.4. The highest BCUT2D eigenvalue weighted by Crippen LogP contribution is 2.19. The normalized spacial score (nSPS) is 10.4. The van der Waals surface area contributed by atoms with Crippen LogP contribution in [0.4, 0.5) is 16.0 Å². The van der Waals surface area contributed by atoms with Crippen LogP contribution in [0.3, 0.4) is 0 Å². The summed E-state index contributed by atoms with van der Waals surface area (Å²) >= 11 is 5.69. The summed E-state index contributed by atoms with van der Waals surface area (Å²) in [5.74, 6) is -0.539. The minimum Gasteiger partial charge on any atom is -0.354 e. The second kappa shape index (κ2) is 8.43. The molecule has 0 spiro atoms. The zero-order chi connectivity index (χ0) is 16.7. The molecule has 1 aromatic carbocycles. The number of anilines is 2. The van der Waals surface area contributed by atoms with Gasteiger partial charge in [-0.1, -0.05) is 31.4 Å². The van der Waals surface area contributed by atoms with Gasteiger partial charge in [0.15, 0.2) is 0 Å². The summed E-state index contributed by atoms with van der Waals surface area (Å²) in [5, 5.41) is 5.65. The van der Waals surface area contributed by atoms with E-state index in [0.717, 1.165) is 25.8 Å². The molecule has 1 amide bonds. The van der Waals surface area contributed by atoms with Gasteiger partial charge in [0.2, 0.25) is 5.95 Å². The molecule has 7 heteroatoms. The van der Waals surface area contributed by atoms with Gasteiger partial charge in [-0.05, 0) is 30.7 Å². The number of aromatic nitrogens is 2. The maximum absolute atomic E-state index is 13.1. The Balaban J connectivity index is 2.00. The van der Waals surface area contributed by atoms with Crippen molar-refractivity contribution in [3.05, 3.63) is 47.0 Å². The fourth-order valence-electron chi connectivity index (χ4n) is 1.91. The highest BCUT2D eigenvalue weighted by Gasteiger charge is 2.10. The van der Waals surface area contributed by atoms with Crippen molar-refractivity contribution in [1.29, 1.82) is 0 Å². The fourth-order valence-corrected chi connectivity index (χ4v) is 2.10. The minimum absolute atomic E-state index is 0.0521. The predicted octanol–water partition coefficient (Wildman–Crippen LogP) is 4.12. The molecule has 2 aromatic rings. The largest absolute Gasteiger partial charge is 0.354 e. The average molecular weight is 337 g/mol. The van der Waals surface area contributed by atoms with Crippen molar-refractivity contribution in [3.8, 4) is 0 Å². The molecule has 23 heavy (non-hydrogen) atoms. The highest BCUT2D eigenvalue weighted by molar-refractivity contribution is 6.31. The first-order valence-electron chi connectivity index (χ1n) is 7.43. The summed E-state index contributed by atoms with van der Waals surface area (Å²) in [6.45, 7) is 2.88. The molecule has 0 fully saturated rings. The molecule has 0 aliphatic carbocycles. The third kappa shape index (κ3) is 5.17. The number of nitrogens with one attached hydrogen (secondary N) is 2. The lowest BCUT2D eigenvalue weighted by Gasteiger charge is -2.07. The van der Waals surface area contributed by atoms with Crippen LogP contribution in [0.25, 0.3) is 0 Å². The smallest absolute Gasteiger partial charge is 0.274 e. The van der Waals surface area contributed by atoms with Gasteiger partial charge in [-0.15, -0.1) is 0 Å². The summed E-state index contributed by atoms with van der Waals surface area (Å²) in [7, 11) is 0. The van der Waals surface area contributed by atoms with Crippen LogP contribution < -0.4 is 10.6 Å². The van der Waals surface area contributed by atoms with Crippen LogP contribution in [-0.2, 0) is 0 Å². The van der Waals surface area contributed by atoms with Crippen LogP contribution in [0.1, 0.15) is 36.7 Å². The third-order valence-corrected chi connectivity index (χ3v) is 3.42. The van der Waals surface area contributed by atoms with Crippen LogP contribution in [0.2, 0.25) is 5.02 Å². The number of hydrogen-bond donors (Lipinski definition) is 2. The van der Waals surface area contributed by atoms with E-state index in [4.69, 9.17) is 11.6 Å². The summed E-state index contributed by atoms with van der Waals surface area (Å²) in [5.41, 5.74) is 0.621. The van der Waals surface area contributed by atoms with Crippen LogP contribution in [-0.4, -0.2) is 22.4 Å². The Morgan fingerprint density at radius 2 is 2.13 bits per heavy atom. The van der Waals surface area contributed by atoms with E-state index in [1.807, 2.05) is 0 Å².